The molecule has 31 heavy (non-hydrogen) atoms. The van der Waals surface area contributed by atoms with Gasteiger partial charge >= 0.3 is 0 Å². The van der Waals surface area contributed by atoms with Gasteiger partial charge in [-0.1, -0.05) is 0 Å². The summed E-state index contributed by atoms with van der Waals surface area (Å²) in [6.07, 6.45) is 6.69. The molecule has 0 aliphatic heterocycles. The Morgan fingerprint density at radius 1 is 1.23 bits per heavy atom. The van der Waals surface area contributed by atoms with Crippen LogP contribution in [0.3, 0.4) is 0 Å². The summed E-state index contributed by atoms with van der Waals surface area (Å²) in [5, 5.41) is 4.44. The number of benzene rings is 1. The minimum atomic E-state index is -0.484. The fourth-order valence-electron chi connectivity index (χ4n) is 3.57. The summed E-state index contributed by atoms with van der Waals surface area (Å²) in [6.45, 7) is 4.40. The summed E-state index contributed by atoms with van der Waals surface area (Å²) in [7, 11) is 1.87. The van der Waals surface area contributed by atoms with E-state index in [0.717, 1.165) is 27.0 Å². The van der Waals surface area contributed by atoms with Crippen molar-refractivity contribution in [3.63, 3.8) is 0 Å². The van der Waals surface area contributed by atoms with Gasteiger partial charge in [-0.05, 0) is 54.0 Å². The molecule has 3 aromatic heterocycles. The maximum Gasteiger partial charge on any atom is 0.166 e. The highest BCUT2D eigenvalue weighted by Gasteiger charge is 2.21. The Morgan fingerprint density at radius 3 is 2.77 bits per heavy atom. The van der Waals surface area contributed by atoms with Gasteiger partial charge in [0, 0.05) is 40.6 Å². The van der Waals surface area contributed by atoms with Crippen LogP contribution in [0.5, 0.6) is 5.75 Å². The Morgan fingerprint density at radius 2 is 2.03 bits per heavy atom. The van der Waals surface area contributed by atoms with Crippen molar-refractivity contribution in [3.05, 3.63) is 76.3 Å². The summed E-state index contributed by atoms with van der Waals surface area (Å²) < 4.78 is 24.9. The number of pyridine rings is 1. The van der Waals surface area contributed by atoms with Gasteiger partial charge in [0.25, 0.3) is 0 Å². The van der Waals surface area contributed by atoms with Crippen LogP contribution in [0.2, 0.25) is 0 Å². The van der Waals surface area contributed by atoms with Gasteiger partial charge in [0.05, 0.1) is 30.5 Å². The van der Waals surface area contributed by atoms with Crippen LogP contribution in [0.25, 0.3) is 11.3 Å². The number of aromatic nitrogens is 5. The highest BCUT2D eigenvalue weighted by atomic mass is 79.9. The Balaban J connectivity index is 1.74. The molecular weight excluding hydrogens is 463 g/mol. The van der Waals surface area contributed by atoms with Gasteiger partial charge in [-0.25, -0.2) is 14.4 Å². The molecule has 0 fully saturated rings. The van der Waals surface area contributed by atoms with E-state index in [0.29, 0.717) is 17.9 Å². The van der Waals surface area contributed by atoms with Crippen molar-refractivity contribution in [1.29, 1.82) is 0 Å². The summed E-state index contributed by atoms with van der Waals surface area (Å²) in [6, 6.07) is 6.43. The van der Waals surface area contributed by atoms with Gasteiger partial charge in [-0.15, -0.1) is 0 Å². The Labute approximate surface area is 187 Å². The number of hydrogen-bond donors (Lipinski definition) is 1. The largest absolute Gasteiger partial charge is 0.482 e. The molecule has 0 saturated heterocycles. The zero-order valence-corrected chi connectivity index (χ0v) is 19.0. The van der Waals surface area contributed by atoms with E-state index in [2.05, 4.69) is 31.0 Å². The number of imidazole rings is 1. The molecule has 0 saturated carbocycles. The normalized spacial score (nSPS) is 12.2. The van der Waals surface area contributed by atoms with Crippen molar-refractivity contribution in [2.45, 2.75) is 26.5 Å². The molecule has 0 radical (unpaired) electrons. The van der Waals surface area contributed by atoms with E-state index in [1.807, 2.05) is 37.9 Å². The van der Waals surface area contributed by atoms with E-state index < -0.39 is 6.10 Å². The molecule has 0 spiro atoms. The second-order valence-electron chi connectivity index (χ2n) is 7.36. The number of ether oxygens (including phenoxy) is 1. The maximum absolute atomic E-state index is 14.2. The minimum Gasteiger partial charge on any atom is -0.482 e. The van der Waals surface area contributed by atoms with E-state index in [9.17, 15) is 4.39 Å². The highest BCUT2D eigenvalue weighted by molar-refractivity contribution is 9.10. The van der Waals surface area contributed by atoms with Crippen LogP contribution in [-0.2, 0) is 13.6 Å². The average molecular weight is 485 g/mol. The lowest BCUT2D eigenvalue weighted by molar-refractivity contribution is 0.227. The first kappa shape index (κ1) is 21.0. The second-order valence-corrected chi connectivity index (χ2v) is 8.27. The number of nitrogens with two attached hydrogens (primary N) is 1. The minimum absolute atomic E-state index is 0.268. The maximum atomic E-state index is 14.2. The smallest absolute Gasteiger partial charge is 0.166 e. The molecule has 0 bridgehead atoms. The van der Waals surface area contributed by atoms with Crippen LogP contribution in [-0.4, -0.2) is 24.3 Å². The Bertz CT molecular complexity index is 1230. The number of halogens is 2. The van der Waals surface area contributed by atoms with E-state index in [1.54, 1.807) is 29.3 Å². The topological polar surface area (TPSA) is 83.8 Å². The number of anilines is 1. The van der Waals surface area contributed by atoms with Crippen molar-refractivity contribution in [3.8, 4) is 17.0 Å². The quantitative estimate of drug-likeness (QED) is 0.430. The molecule has 160 valence electrons. The highest BCUT2D eigenvalue weighted by Crippen LogP contribution is 2.35. The molecule has 7 nitrogen and oxygen atoms in total. The zero-order chi connectivity index (χ0) is 22.1. The number of rotatable bonds is 6. The van der Waals surface area contributed by atoms with Gasteiger partial charge in [0.2, 0.25) is 0 Å². The first-order valence-corrected chi connectivity index (χ1v) is 10.5. The average Bonchev–Trinajstić information content (AvgIpc) is 3.30. The summed E-state index contributed by atoms with van der Waals surface area (Å²) in [5.41, 5.74) is 10.3. The van der Waals surface area contributed by atoms with Crippen LogP contribution < -0.4 is 10.5 Å². The van der Waals surface area contributed by atoms with Crippen LogP contribution in [0, 0.1) is 12.7 Å². The van der Waals surface area contributed by atoms with Gasteiger partial charge in [-0.3, -0.25) is 4.68 Å². The molecule has 4 rings (SSSR count). The fraction of sp³-hybridized carbons (Fsp3) is 0.227. The molecule has 2 N–H and O–H groups in total. The molecule has 0 amide bonds. The third kappa shape index (κ3) is 4.46. The van der Waals surface area contributed by atoms with Gasteiger partial charge in [0.1, 0.15) is 11.9 Å². The van der Waals surface area contributed by atoms with Crippen molar-refractivity contribution < 1.29 is 9.13 Å². The number of hydrogen-bond acceptors (Lipinski definition) is 5. The van der Waals surface area contributed by atoms with E-state index in [-0.39, 0.29) is 11.6 Å². The first-order chi connectivity index (χ1) is 14.8. The van der Waals surface area contributed by atoms with Crippen molar-refractivity contribution in [2.24, 2.45) is 7.05 Å². The first-order valence-electron chi connectivity index (χ1n) is 9.68. The van der Waals surface area contributed by atoms with Crippen molar-refractivity contribution >= 4 is 21.7 Å². The predicted octanol–water partition coefficient (Wildman–Crippen LogP) is 4.66. The molecule has 1 aromatic carbocycles. The van der Waals surface area contributed by atoms with E-state index >= 15 is 0 Å². The van der Waals surface area contributed by atoms with Crippen LogP contribution in [0.15, 0.2) is 53.7 Å². The molecule has 1 atom stereocenters. The lowest BCUT2D eigenvalue weighted by atomic mass is 9.97. The lowest BCUT2D eigenvalue weighted by Crippen LogP contribution is -2.09. The predicted molar refractivity (Wildman–Crippen MR) is 120 cm³/mol. The summed E-state index contributed by atoms with van der Waals surface area (Å²) in [4.78, 5) is 8.39. The van der Waals surface area contributed by atoms with Crippen LogP contribution in [0.1, 0.15) is 29.8 Å². The van der Waals surface area contributed by atoms with E-state index in [4.69, 9.17) is 10.5 Å². The summed E-state index contributed by atoms with van der Waals surface area (Å²) >= 11 is 3.38. The summed E-state index contributed by atoms with van der Waals surface area (Å²) in [5.74, 6) is 0.351. The molecule has 0 aliphatic carbocycles. The zero-order valence-electron chi connectivity index (χ0n) is 17.4. The van der Waals surface area contributed by atoms with Crippen LogP contribution >= 0.6 is 15.9 Å². The molecule has 1 unspecified atom stereocenters. The third-order valence-corrected chi connectivity index (χ3v) is 5.42. The third-order valence-electron chi connectivity index (χ3n) is 4.99. The SMILES string of the molecule is Cc1cn(Cc2cnn(C)c2-c2ccc(F)cc2C(C)Oc2cc(Br)cnc2N)cn1. The molecule has 0 aliphatic rings. The molecule has 3 heterocycles. The van der Waals surface area contributed by atoms with Crippen LogP contribution in [0.4, 0.5) is 10.2 Å². The Kier molecular flexibility index (Phi) is 5.77. The second kappa shape index (κ2) is 8.50. The monoisotopic (exact) mass is 484 g/mol. The fourth-order valence-corrected chi connectivity index (χ4v) is 3.88. The van der Waals surface area contributed by atoms with E-state index in [1.165, 1.54) is 12.1 Å². The van der Waals surface area contributed by atoms with Gasteiger partial charge in [-0.2, -0.15) is 5.10 Å². The number of nitrogens with zero attached hydrogens (tertiary/aromatic N) is 5. The van der Waals surface area contributed by atoms with Gasteiger partial charge < -0.3 is 15.0 Å². The Hall–Kier alpha value is -3.20. The number of nitrogen functional groups attached to an aromatic ring is 1. The van der Waals surface area contributed by atoms with Crippen molar-refractivity contribution in [2.75, 3.05) is 5.73 Å². The molecule has 4 aromatic rings. The van der Waals surface area contributed by atoms with Gasteiger partial charge in [0.15, 0.2) is 11.6 Å². The molecular formula is C22H22BrFN6O. The lowest BCUT2D eigenvalue weighted by Gasteiger charge is -2.20. The van der Waals surface area contributed by atoms with Crippen molar-refractivity contribution in [1.82, 2.24) is 24.3 Å². The molecule has 9 heteroatoms. The standard InChI is InChI=1S/C22H22BrFN6O/c1-13-10-30(12-27-13)11-15-8-28-29(3)21(15)18-5-4-17(24)7-19(18)14(2)31-20-6-16(23)9-26-22(20)25/h4-10,12,14H,11H2,1-3H3,(H2,25,26). The number of aryl methyl sites for hydroxylation is 2.